The molecule has 2 aromatic rings. The van der Waals surface area contributed by atoms with Crippen LogP contribution in [0.3, 0.4) is 0 Å². The molecule has 2 aliphatic heterocycles. The third-order valence-corrected chi connectivity index (χ3v) is 9.20. The van der Waals surface area contributed by atoms with Crippen LogP contribution in [0.2, 0.25) is 0 Å². The summed E-state index contributed by atoms with van der Waals surface area (Å²) in [4.78, 5) is 69.5. The molecule has 0 unspecified atom stereocenters. The smallest absolute Gasteiger partial charge is 0.379 e. The van der Waals surface area contributed by atoms with E-state index in [9.17, 15) is 24.0 Å². The van der Waals surface area contributed by atoms with Gasteiger partial charge in [0.15, 0.2) is 11.8 Å². The van der Waals surface area contributed by atoms with E-state index in [4.69, 9.17) is 9.47 Å². The van der Waals surface area contributed by atoms with E-state index in [1.807, 2.05) is 49.1 Å². The molecule has 4 amide bonds. The zero-order valence-electron chi connectivity index (χ0n) is 30.7. The van der Waals surface area contributed by atoms with Crippen molar-refractivity contribution >= 4 is 29.4 Å². The van der Waals surface area contributed by atoms with Crippen molar-refractivity contribution in [3.05, 3.63) is 71.8 Å². The molecule has 0 bridgehead atoms. The highest BCUT2D eigenvalue weighted by molar-refractivity contribution is 5.99. The van der Waals surface area contributed by atoms with Gasteiger partial charge in [-0.2, -0.15) is 8.78 Å². The number of Topliss-reactive ketones (excluding diaryl/α,β-unsaturated/α-hetero) is 1. The Bertz CT molecular complexity index is 1540. The van der Waals surface area contributed by atoms with Gasteiger partial charge in [-0.15, -0.1) is 0 Å². The summed E-state index contributed by atoms with van der Waals surface area (Å²) in [6, 6.07) is 11.4. The molecule has 290 valence electrons. The third kappa shape index (κ3) is 12.7. The lowest BCUT2D eigenvalue weighted by molar-refractivity contribution is -0.238. The van der Waals surface area contributed by atoms with Crippen LogP contribution < -0.4 is 21.3 Å². The van der Waals surface area contributed by atoms with E-state index in [-0.39, 0.29) is 44.1 Å². The molecule has 2 aliphatic rings. The highest BCUT2D eigenvalue weighted by Gasteiger charge is 2.51. The molecule has 2 aromatic carbocycles. The van der Waals surface area contributed by atoms with Crippen LogP contribution >= 0.6 is 0 Å². The van der Waals surface area contributed by atoms with Crippen molar-refractivity contribution < 1.29 is 47.0 Å². The molecule has 5 atom stereocenters. The fraction of sp³-hybridized carbons (Fsp3) is 0.553. The number of epoxide rings is 1. The predicted molar refractivity (Wildman–Crippen MR) is 191 cm³/mol. The average Bonchev–Trinajstić information content (AvgIpc) is 3.90. The van der Waals surface area contributed by atoms with Crippen LogP contribution in [0.1, 0.15) is 44.7 Å². The highest BCUT2D eigenvalue weighted by atomic mass is 19.3. The fourth-order valence-electron chi connectivity index (χ4n) is 6.00. The molecule has 15 heteroatoms. The van der Waals surface area contributed by atoms with Crippen molar-refractivity contribution in [3.8, 4) is 0 Å². The molecule has 53 heavy (non-hydrogen) atoms. The summed E-state index contributed by atoms with van der Waals surface area (Å²) in [5.74, 6) is -4.08. The van der Waals surface area contributed by atoms with Gasteiger partial charge in [0.1, 0.15) is 17.7 Å². The van der Waals surface area contributed by atoms with Crippen LogP contribution in [0.4, 0.5) is 8.78 Å². The summed E-state index contributed by atoms with van der Waals surface area (Å²) in [6.07, 6.45) is -3.73. The number of morpholine rings is 1. The van der Waals surface area contributed by atoms with Crippen LogP contribution in [-0.2, 0) is 51.0 Å². The number of methoxy groups -OCH3 is 1. The molecule has 0 radical (unpaired) electrons. The molecular weight excluding hydrogens is 692 g/mol. The van der Waals surface area contributed by atoms with Gasteiger partial charge in [0.2, 0.25) is 17.7 Å². The lowest BCUT2D eigenvalue weighted by atomic mass is 9.93. The van der Waals surface area contributed by atoms with Crippen LogP contribution in [0, 0.1) is 5.92 Å². The number of carbonyl (C=O) groups is 5. The van der Waals surface area contributed by atoms with Gasteiger partial charge in [-0.25, -0.2) is 0 Å². The SMILES string of the molecule is COC(F)(F)[C@@H](NC(=O)[C@H](CCc1ccccc1)NC(=O)CN1CCOCC1)C(=O)N[C@@H](Cc1ccccc1)C(=O)N[C@@H](CC(C)C)C(=O)[C@@]1(C)CO1. The van der Waals surface area contributed by atoms with Crippen LogP contribution in [-0.4, -0.2) is 117 Å². The molecule has 0 aromatic heterocycles. The lowest BCUT2D eigenvalue weighted by Gasteiger charge is -2.30. The van der Waals surface area contributed by atoms with E-state index in [2.05, 4.69) is 26.0 Å². The van der Waals surface area contributed by atoms with Crippen LogP contribution in [0.5, 0.6) is 0 Å². The Morgan fingerprint density at radius 3 is 1.96 bits per heavy atom. The Kier molecular flexibility index (Phi) is 15.0. The van der Waals surface area contributed by atoms with E-state index >= 15 is 8.78 Å². The standard InChI is InChI=1S/C38H51F2N5O8/c1-25(2)21-29(33(47)37(3)24-53-37)42-35(49)30(22-27-13-9-6-10-14-27)43-36(50)32(38(39,40)51-4)44-34(48)28(16-15-26-11-7-5-8-12-26)41-31(46)23-45-17-19-52-20-18-45/h5-14,25,28-30,32H,15-24H2,1-4H3,(H,41,46)(H,42,49)(H,43,50)(H,44,48)/t28-,29-,30-,32-,37+/m0/s1. The zero-order chi connectivity index (χ0) is 38.6. The van der Waals surface area contributed by atoms with Gasteiger partial charge in [0.05, 0.1) is 32.4 Å². The molecule has 4 rings (SSSR count). The van der Waals surface area contributed by atoms with Crippen molar-refractivity contribution in [1.29, 1.82) is 0 Å². The minimum absolute atomic E-state index is 0.00190. The van der Waals surface area contributed by atoms with Gasteiger partial charge in [-0.3, -0.25) is 28.9 Å². The summed E-state index contributed by atoms with van der Waals surface area (Å²) in [5.41, 5.74) is 0.394. The van der Waals surface area contributed by atoms with Crippen LogP contribution in [0.25, 0.3) is 0 Å². The van der Waals surface area contributed by atoms with Gasteiger partial charge < -0.3 is 35.5 Å². The summed E-state index contributed by atoms with van der Waals surface area (Å²) >= 11 is 0. The maximum absolute atomic E-state index is 15.4. The number of ketones is 1. The Hall–Kier alpha value is -4.31. The van der Waals surface area contributed by atoms with Gasteiger partial charge in [0.25, 0.3) is 5.91 Å². The van der Waals surface area contributed by atoms with Gasteiger partial charge in [-0.05, 0) is 43.2 Å². The summed E-state index contributed by atoms with van der Waals surface area (Å²) in [7, 11) is 0.681. The lowest BCUT2D eigenvalue weighted by Crippen LogP contribution is -2.63. The number of nitrogens with zero attached hydrogens (tertiary/aromatic N) is 1. The fourth-order valence-corrected chi connectivity index (χ4v) is 6.00. The number of aryl methyl sites for hydroxylation is 1. The number of hydrogen-bond acceptors (Lipinski definition) is 9. The van der Waals surface area contributed by atoms with Crippen molar-refractivity contribution in [3.63, 3.8) is 0 Å². The number of halogens is 2. The van der Waals surface area contributed by atoms with Crippen molar-refractivity contribution in [2.75, 3.05) is 46.6 Å². The van der Waals surface area contributed by atoms with E-state index in [1.165, 1.54) is 0 Å². The molecule has 0 spiro atoms. The molecule has 4 N–H and O–H groups in total. The number of carbonyl (C=O) groups excluding carboxylic acids is 5. The number of alkyl halides is 2. The van der Waals surface area contributed by atoms with E-state index in [0.29, 0.717) is 45.4 Å². The van der Waals surface area contributed by atoms with Crippen molar-refractivity contribution in [1.82, 2.24) is 26.2 Å². The monoisotopic (exact) mass is 743 g/mol. The topological polar surface area (TPSA) is 168 Å². The quantitative estimate of drug-likeness (QED) is 0.148. The molecule has 2 fully saturated rings. The first-order valence-electron chi connectivity index (χ1n) is 17.9. The van der Waals surface area contributed by atoms with E-state index in [0.717, 1.165) is 5.56 Å². The molecule has 13 nitrogen and oxygen atoms in total. The highest BCUT2D eigenvalue weighted by Crippen LogP contribution is 2.30. The summed E-state index contributed by atoms with van der Waals surface area (Å²) in [6.45, 7) is 7.44. The van der Waals surface area contributed by atoms with Crippen molar-refractivity contribution in [2.24, 2.45) is 5.92 Å². The van der Waals surface area contributed by atoms with E-state index < -0.39 is 59.5 Å². The normalized spacial score (nSPS) is 19.7. The molecule has 0 aliphatic carbocycles. The zero-order valence-corrected chi connectivity index (χ0v) is 30.7. The second-order valence-electron chi connectivity index (χ2n) is 14.1. The second-order valence-corrected chi connectivity index (χ2v) is 14.1. The number of hydrogen-bond donors (Lipinski definition) is 4. The first-order valence-corrected chi connectivity index (χ1v) is 17.9. The molecule has 2 heterocycles. The maximum Gasteiger partial charge on any atom is 0.384 e. The minimum atomic E-state index is -4.23. The number of nitrogens with one attached hydrogen (secondary N) is 4. The largest absolute Gasteiger partial charge is 0.384 e. The molecular formula is C38H51F2N5O8. The third-order valence-electron chi connectivity index (χ3n) is 9.20. The second kappa shape index (κ2) is 19.1. The van der Waals surface area contributed by atoms with Gasteiger partial charge >= 0.3 is 6.11 Å². The molecule has 0 saturated carbocycles. The number of benzene rings is 2. The van der Waals surface area contributed by atoms with Crippen molar-refractivity contribution in [2.45, 2.75) is 82.3 Å². The first-order chi connectivity index (χ1) is 25.2. The Labute approximate surface area is 308 Å². The summed E-state index contributed by atoms with van der Waals surface area (Å²) < 4.78 is 45.9. The molecule has 2 saturated heterocycles. The van der Waals surface area contributed by atoms with Crippen LogP contribution in [0.15, 0.2) is 60.7 Å². The van der Waals surface area contributed by atoms with Gasteiger partial charge in [-0.1, -0.05) is 74.5 Å². The number of ether oxygens (including phenoxy) is 3. The Morgan fingerprint density at radius 1 is 0.830 bits per heavy atom. The Morgan fingerprint density at radius 2 is 1.40 bits per heavy atom. The predicted octanol–water partition coefficient (Wildman–Crippen LogP) is 1.78. The number of rotatable bonds is 20. The average molecular weight is 744 g/mol. The van der Waals surface area contributed by atoms with Gasteiger partial charge in [0, 0.05) is 26.6 Å². The number of amides is 4. The minimum Gasteiger partial charge on any atom is -0.379 e. The first kappa shape index (κ1) is 41.4. The Balaban J connectivity index is 1.55. The van der Waals surface area contributed by atoms with E-state index in [1.54, 1.807) is 37.3 Å². The summed E-state index contributed by atoms with van der Waals surface area (Å²) in [5, 5.41) is 9.84. The maximum atomic E-state index is 15.4.